The predicted molar refractivity (Wildman–Crippen MR) is 158 cm³/mol. The maximum atomic E-state index is 14.7. The molecule has 3 aromatic rings. The van der Waals surface area contributed by atoms with Gasteiger partial charge in [-0.25, -0.2) is 37.7 Å². The minimum absolute atomic E-state index is 0.0446. The van der Waals surface area contributed by atoms with Gasteiger partial charge in [0.1, 0.15) is 29.2 Å². The maximum absolute atomic E-state index is 14.7. The highest BCUT2D eigenvalue weighted by Gasteiger charge is 2.29. The third kappa shape index (κ3) is 7.95. The van der Waals surface area contributed by atoms with Crippen LogP contribution in [-0.4, -0.2) is 75.8 Å². The summed E-state index contributed by atoms with van der Waals surface area (Å²) in [7, 11) is 0. The van der Waals surface area contributed by atoms with E-state index in [9.17, 15) is 22.8 Å². The number of halogens is 4. The molecule has 1 unspecified atom stereocenters. The number of pyridine rings is 1. The first-order chi connectivity index (χ1) is 20.0. The number of nitrogens with zero attached hydrogens (tertiary/aromatic N) is 5. The van der Waals surface area contributed by atoms with Gasteiger partial charge in [0.25, 0.3) is 6.43 Å². The van der Waals surface area contributed by atoms with Crippen LogP contribution in [0.3, 0.4) is 0 Å². The molecule has 1 atom stereocenters. The minimum atomic E-state index is -3.32. The number of alkyl halides is 3. The molecule has 0 saturated carbocycles. The van der Waals surface area contributed by atoms with Gasteiger partial charge in [0.15, 0.2) is 6.17 Å². The molecule has 2 aromatic heterocycles. The van der Waals surface area contributed by atoms with E-state index in [0.717, 1.165) is 6.07 Å². The molecule has 0 radical (unpaired) electrons. The number of anilines is 2. The van der Waals surface area contributed by atoms with Crippen LogP contribution in [-0.2, 0) is 9.47 Å². The Morgan fingerprint density at radius 2 is 1.60 bits per heavy atom. The predicted octanol–water partition coefficient (Wildman–Crippen LogP) is 7.03. The average molecular weight is 623 g/mol. The average Bonchev–Trinajstić information content (AvgIpc) is 2.90. The van der Waals surface area contributed by atoms with Gasteiger partial charge >= 0.3 is 12.2 Å². The smallest absolute Gasteiger partial charge is 0.413 e. The summed E-state index contributed by atoms with van der Waals surface area (Å²) >= 11 is 6.67. The van der Waals surface area contributed by atoms with Crippen LogP contribution in [0.25, 0.3) is 22.2 Å². The summed E-state index contributed by atoms with van der Waals surface area (Å²) in [5.74, 6) is 0.517. The normalized spacial score (nSPS) is 15.0. The number of benzene rings is 1. The van der Waals surface area contributed by atoms with Gasteiger partial charge in [-0.3, -0.25) is 5.32 Å². The van der Waals surface area contributed by atoms with Crippen molar-refractivity contribution in [2.75, 3.05) is 36.4 Å². The van der Waals surface area contributed by atoms with Crippen molar-refractivity contribution in [1.82, 2.24) is 19.9 Å². The number of fused-ring (bicyclic) bond motifs is 1. The summed E-state index contributed by atoms with van der Waals surface area (Å²) in [4.78, 5) is 41.4. The zero-order valence-electron chi connectivity index (χ0n) is 24.8. The van der Waals surface area contributed by atoms with Crippen LogP contribution in [0.15, 0.2) is 30.6 Å². The Balaban J connectivity index is 1.67. The van der Waals surface area contributed by atoms with Gasteiger partial charge in [-0.05, 0) is 59.7 Å². The van der Waals surface area contributed by atoms with Crippen molar-refractivity contribution < 1.29 is 32.2 Å². The molecule has 43 heavy (non-hydrogen) atoms. The summed E-state index contributed by atoms with van der Waals surface area (Å²) in [6.07, 6.45) is -5.85. The molecule has 1 saturated heterocycles. The Kier molecular flexibility index (Phi) is 9.24. The number of hydrogen-bond donors (Lipinski definition) is 1. The molecule has 232 valence electrons. The third-order valence-corrected chi connectivity index (χ3v) is 6.58. The molecule has 1 aromatic carbocycles. The summed E-state index contributed by atoms with van der Waals surface area (Å²) in [6, 6.07) is 5.42. The molecule has 1 aliphatic heterocycles. The van der Waals surface area contributed by atoms with E-state index in [1.807, 2.05) is 4.90 Å². The highest BCUT2D eigenvalue weighted by molar-refractivity contribution is 6.34. The van der Waals surface area contributed by atoms with Gasteiger partial charge in [-0.2, -0.15) is 0 Å². The Labute approximate surface area is 252 Å². The SMILES string of the molecule is CC(C)(C)OC(=O)Nc1ccc(C(F)C(F)F)c(-c2cc3ncnc(N4CCN(C(=O)OC(C)(C)C)CC4)c3cc2Cl)n1. The van der Waals surface area contributed by atoms with Crippen molar-refractivity contribution in [3.05, 3.63) is 41.2 Å². The van der Waals surface area contributed by atoms with E-state index in [1.54, 1.807) is 52.5 Å². The van der Waals surface area contributed by atoms with Crippen LogP contribution in [0.4, 0.5) is 34.4 Å². The fourth-order valence-electron chi connectivity index (χ4n) is 4.45. The number of hydrogen-bond acceptors (Lipinski definition) is 8. The van der Waals surface area contributed by atoms with Gasteiger partial charge in [0, 0.05) is 42.7 Å². The van der Waals surface area contributed by atoms with Crippen molar-refractivity contribution in [3.63, 3.8) is 0 Å². The van der Waals surface area contributed by atoms with Gasteiger partial charge in [-0.15, -0.1) is 0 Å². The fraction of sp³-hybridized carbons (Fsp3) is 0.483. The highest BCUT2D eigenvalue weighted by Crippen LogP contribution is 2.39. The summed E-state index contributed by atoms with van der Waals surface area (Å²) in [5.41, 5.74) is -1.45. The lowest BCUT2D eigenvalue weighted by Crippen LogP contribution is -2.50. The Morgan fingerprint density at radius 3 is 2.21 bits per heavy atom. The second kappa shape index (κ2) is 12.4. The highest BCUT2D eigenvalue weighted by atomic mass is 35.5. The quantitative estimate of drug-likeness (QED) is 0.323. The Morgan fingerprint density at radius 1 is 0.953 bits per heavy atom. The summed E-state index contributed by atoms with van der Waals surface area (Å²) < 4.78 is 52.4. The molecule has 2 amide bonds. The Bertz CT molecular complexity index is 1500. The zero-order chi connectivity index (χ0) is 31.7. The number of rotatable bonds is 5. The molecule has 3 heterocycles. The number of piperazine rings is 1. The second-order valence-corrected chi connectivity index (χ2v) is 12.4. The molecule has 10 nitrogen and oxygen atoms in total. The standard InChI is InChI=1S/C29H34ClF3N6O4/c1-28(2,3)42-26(40)37-21-8-7-16(22(31)24(32)33)23(36-21)17-14-20-18(13-19(17)30)25(35-15-34-20)38-9-11-39(12-10-38)27(41)43-29(4,5)6/h7-8,13-15,22,24H,9-12H2,1-6H3,(H,36,37,40). The zero-order valence-corrected chi connectivity index (χ0v) is 25.5. The van der Waals surface area contributed by atoms with Crippen LogP contribution >= 0.6 is 11.6 Å². The van der Waals surface area contributed by atoms with E-state index >= 15 is 0 Å². The minimum Gasteiger partial charge on any atom is -0.444 e. The van der Waals surface area contributed by atoms with Crippen molar-refractivity contribution in [1.29, 1.82) is 0 Å². The number of amides is 2. The van der Waals surface area contributed by atoms with Crippen LogP contribution in [0, 0.1) is 0 Å². The number of aromatic nitrogens is 3. The molecule has 0 spiro atoms. The molecule has 1 N–H and O–H groups in total. The molecule has 1 aliphatic rings. The van der Waals surface area contributed by atoms with Crippen molar-refractivity contribution in [2.24, 2.45) is 0 Å². The van der Waals surface area contributed by atoms with E-state index in [2.05, 4.69) is 20.3 Å². The summed E-state index contributed by atoms with van der Waals surface area (Å²) in [5, 5.41) is 3.09. The van der Waals surface area contributed by atoms with Crippen molar-refractivity contribution >= 4 is 46.3 Å². The topological polar surface area (TPSA) is 110 Å². The third-order valence-electron chi connectivity index (χ3n) is 6.26. The lowest BCUT2D eigenvalue weighted by molar-refractivity contribution is 0.0240. The van der Waals surface area contributed by atoms with E-state index in [-0.39, 0.29) is 22.1 Å². The Hall–Kier alpha value is -3.87. The number of carbonyl (C=O) groups is 2. The summed E-state index contributed by atoms with van der Waals surface area (Å²) in [6.45, 7) is 12.2. The van der Waals surface area contributed by atoms with Crippen LogP contribution in [0.5, 0.6) is 0 Å². The molecule has 4 rings (SSSR count). The number of carbonyl (C=O) groups excluding carboxylic acids is 2. The molecule has 14 heteroatoms. The van der Waals surface area contributed by atoms with Crippen LogP contribution in [0.2, 0.25) is 5.02 Å². The number of ether oxygens (including phenoxy) is 2. The van der Waals surface area contributed by atoms with Crippen LogP contribution < -0.4 is 10.2 Å². The van der Waals surface area contributed by atoms with E-state index in [0.29, 0.717) is 42.9 Å². The molecule has 0 bridgehead atoms. The second-order valence-electron chi connectivity index (χ2n) is 12.0. The number of nitrogens with one attached hydrogen (secondary N) is 1. The molecule has 0 aliphatic carbocycles. The monoisotopic (exact) mass is 622 g/mol. The van der Waals surface area contributed by atoms with E-state index in [4.69, 9.17) is 21.1 Å². The molecular weight excluding hydrogens is 589 g/mol. The van der Waals surface area contributed by atoms with Crippen molar-refractivity contribution in [2.45, 2.75) is 65.3 Å². The maximum Gasteiger partial charge on any atom is 0.413 e. The van der Waals surface area contributed by atoms with Crippen molar-refractivity contribution in [3.8, 4) is 11.3 Å². The first kappa shape index (κ1) is 32.1. The first-order valence-electron chi connectivity index (χ1n) is 13.6. The first-order valence-corrected chi connectivity index (χ1v) is 14.0. The van der Waals surface area contributed by atoms with Gasteiger partial charge < -0.3 is 19.3 Å². The van der Waals surface area contributed by atoms with Gasteiger partial charge in [0.2, 0.25) is 0 Å². The van der Waals surface area contributed by atoms with Crippen LogP contribution in [0.1, 0.15) is 53.3 Å². The molecular formula is C29H34ClF3N6O4. The lowest BCUT2D eigenvalue weighted by Gasteiger charge is -2.36. The lowest BCUT2D eigenvalue weighted by atomic mass is 10.0. The van der Waals surface area contributed by atoms with Gasteiger partial charge in [0.05, 0.1) is 16.2 Å². The fourth-order valence-corrected chi connectivity index (χ4v) is 4.70. The van der Waals surface area contributed by atoms with Gasteiger partial charge in [-0.1, -0.05) is 17.7 Å². The van der Waals surface area contributed by atoms with E-state index in [1.165, 1.54) is 18.5 Å². The molecule has 1 fully saturated rings. The largest absolute Gasteiger partial charge is 0.444 e. The van der Waals surface area contributed by atoms with E-state index < -0.39 is 41.5 Å².